The molecule has 3 N–H and O–H groups in total. The Labute approximate surface area is 132 Å². The molecular weight excluding hydrogens is 304 g/mol. The fraction of sp³-hybridized carbons (Fsp3) is 0.533. The van der Waals surface area contributed by atoms with Crippen molar-refractivity contribution in [2.24, 2.45) is 16.6 Å². The van der Waals surface area contributed by atoms with Crippen LogP contribution in [0.1, 0.15) is 38.8 Å². The molecule has 21 heavy (non-hydrogen) atoms. The van der Waals surface area contributed by atoms with E-state index in [1.807, 2.05) is 0 Å². The van der Waals surface area contributed by atoms with Crippen LogP contribution in [0.15, 0.2) is 24.3 Å². The first kappa shape index (κ1) is 16.4. The zero-order valence-corrected chi connectivity index (χ0v) is 14.4. The predicted molar refractivity (Wildman–Crippen MR) is 89.4 cm³/mol. The van der Waals surface area contributed by atoms with Gasteiger partial charge in [0, 0.05) is 11.6 Å². The highest BCUT2D eigenvalue weighted by Crippen LogP contribution is 2.62. The van der Waals surface area contributed by atoms with Crippen molar-refractivity contribution < 1.29 is 8.42 Å². The van der Waals surface area contributed by atoms with E-state index in [2.05, 4.69) is 32.4 Å². The molecule has 0 atom stereocenters. The Morgan fingerprint density at radius 3 is 2.24 bits per heavy atom. The molecule has 1 aliphatic rings. The highest BCUT2D eigenvalue weighted by molar-refractivity contribution is 7.88. The minimum absolute atomic E-state index is 0.0389. The number of hydrogen-bond acceptors (Lipinski definition) is 3. The fourth-order valence-electron chi connectivity index (χ4n) is 2.80. The van der Waals surface area contributed by atoms with E-state index in [9.17, 15) is 8.42 Å². The average molecular weight is 326 g/mol. The molecule has 1 aromatic carbocycles. The van der Waals surface area contributed by atoms with Gasteiger partial charge in [-0.3, -0.25) is 0 Å². The molecule has 0 aromatic heterocycles. The van der Waals surface area contributed by atoms with Gasteiger partial charge in [-0.15, -0.1) is 0 Å². The van der Waals surface area contributed by atoms with Gasteiger partial charge in [-0.05, 0) is 16.4 Å². The molecule has 6 heteroatoms. The number of nitrogens with two attached hydrogens (primary N) is 1. The Balaban J connectivity index is 2.19. The summed E-state index contributed by atoms with van der Waals surface area (Å²) in [5, 5.41) is 0. The molecule has 1 saturated carbocycles. The van der Waals surface area contributed by atoms with E-state index < -0.39 is 10.0 Å². The van der Waals surface area contributed by atoms with Crippen molar-refractivity contribution >= 4 is 27.2 Å². The van der Waals surface area contributed by atoms with E-state index >= 15 is 0 Å². The molecule has 0 amide bonds. The Morgan fingerprint density at radius 2 is 1.76 bits per heavy atom. The normalized spacial score (nSPS) is 20.2. The van der Waals surface area contributed by atoms with Crippen molar-refractivity contribution in [3.8, 4) is 0 Å². The van der Waals surface area contributed by atoms with Gasteiger partial charge in [-0.2, -0.15) is 0 Å². The number of benzene rings is 1. The number of hydrogen-bond donors (Lipinski definition) is 2. The van der Waals surface area contributed by atoms with E-state index in [4.69, 9.17) is 18.0 Å². The summed E-state index contributed by atoms with van der Waals surface area (Å²) in [6, 6.07) is 7.03. The molecule has 0 bridgehead atoms. The van der Waals surface area contributed by atoms with Gasteiger partial charge in [0.25, 0.3) is 0 Å². The molecule has 0 aliphatic heterocycles. The third kappa shape index (κ3) is 2.98. The minimum atomic E-state index is -3.43. The maximum Gasteiger partial charge on any atom is 0.216 e. The average Bonchev–Trinajstić information content (AvgIpc) is 2.71. The van der Waals surface area contributed by atoms with E-state index in [-0.39, 0.29) is 27.6 Å². The van der Waals surface area contributed by atoms with Crippen molar-refractivity contribution in [3.63, 3.8) is 0 Å². The summed E-state index contributed by atoms with van der Waals surface area (Å²) < 4.78 is 27.6. The lowest BCUT2D eigenvalue weighted by Crippen LogP contribution is -2.31. The van der Waals surface area contributed by atoms with Crippen molar-refractivity contribution in [2.75, 3.05) is 0 Å². The van der Waals surface area contributed by atoms with Gasteiger partial charge in [0.15, 0.2) is 0 Å². The Bertz CT molecular complexity index is 665. The molecule has 4 nitrogen and oxygen atoms in total. The monoisotopic (exact) mass is 326 g/mol. The molecule has 0 radical (unpaired) electrons. The molecule has 0 unspecified atom stereocenters. The lowest BCUT2D eigenvalue weighted by atomic mass is 10.0. The Kier molecular flexibility index (Phi) is 3.93. The van der Waals surface area contributed by atoms with Crippen LogP contribution in [-0.2, 0) is 15.8 Å². The maximum atomic E-state index is 12.4. The second-order valence-corrected chi connectivity index (χ2v) is 8.97. The molecule has 116 valence electrons. The number of sulfonamides is 1. The summed E-state index contributed by atoms with van der Waals surface area (Å²) in [6.45, 7) is 8.29. The molecule has 1 fully saturated rings. The quantitative estimate of drug-likeness (QED) is 0.814. The lowest BCUT2D eigenvalue weighted by Gasteiger charge is -2.11. The topological polar surface area (TPSA) is 72.2 Å². The molecular formula is C15H22N2O2S2. The van der Waals surface area contributed by atoms with Crippen LogP contribution in [0.25, 0.3) is 0 Å². The van der Waals surface area contributed by atoms with Gasteiger partial charge in [0.05, 0.1) is 5.75 Å². The molecule has 0 saturated heterocycles. The zero-order chi connectivity index (χ0) is 16.1. The molecule has 0 heterocycles. The van der Waals surface area contributed by atoms with E-state index in [0.29, 0.717) is 11.1 Å². The van der Waals surface area contributed by atoms with Crippen LogP contribution in [0.4, 0.5) is 0 Å². The second kappa shape index (κ2) is 5.04. The Morgan fingerprint density at radius 1 is 1.24 bits per heavy atom. The van der Waals surface area contributed by atoms with Crippen LogP contribution in [-0.4, -0.2) is 19.4 Å². The van der Waals surface area contributed by atoms with Crippen LogP contribution in [0.2, 0.25) is 0 Å². The van der Waals surface area contributed by atoms with Crippen molar-refractivity contribution in [2.45, 2.75) is 39.5 Å². The third-order valence-electron chi connectivity index (χ3n) is 4.95. The number of rotatable bonds is 5. The van der Waals surface area contributed by atoms with Crippen LogP contribution < -0.4 is 10.5 Å². The van der Waals surface area contributed by atoms with Gasteiger partial charge in [-0.25, -0.2) is 13.1 Å². The summed E-state index contributed by atoms with van der Waals surface area (Å²) >= 11 is 4.97. The second-order valence-electron chi connectivity index (χ2n) is 6.77. The first-order chi connectivity index (χ1) is 9.49. The lowest BCUT2D eigenvalue weighted by molar-refractivity contribution is 0.457. The van der Waals surface area contributed by atoms with Crippen molar-refractivity contribution in [1.82, 2.24) is 4.72 Å². The standard InChI is InChI=1S/C15H22N2O2S2/c1-14(2)13(15(14,3)4)17-21(18,19)9-10-7-5-6-8-11(10)12(16)20/h5-8,13,17H,9H2,1-4H3,(H2,16,20). The van der Waals surface area contributed by atoms with Crippen LogP contribution >= 0.6 is 12.2 Å². The first-order valence-electron chi connectivity index (χ1n) is 6.87. The summed E-state index contributed by atoms with van der Waals surface area (Å²) in [4.78, 5) is 0.216. The van der Waals surface area contributed by atoms with Crippen LogP contribution in [0.5, 0.6) is 0 Å². The van der Waals surface area contributed by atoms with Crippen molar-refractivity contribution in [1.29, 1.82) is 0 Å². The first-order valence-corrected chi connectivity index (χ1v) is 8.93. The molecule has 0 spiro atoms. The molecule has 1 aromatic rings. The van der Waals surface area contributed by atoms with Gasteiger partial charge in [0.1, 0.15) is 4.99 Å². The van der Waals surface area contributed by atoms with E-state index in [1.54, 1.807) is 24.3 Å². The van der Waals surface area contributed by atoms with Crippen LogP contribution in [0.3, 0.4) is 0 Å². The largest absolute Gasteiger partial charge is 0.389 e. The zero-order valence-electron chi connectivity index (χ0n) is 12.8. The third-order valence-corrected chi connectivity index (χ3v) is 6.45. The van der Waals surface area contributed by atoms with E-state index in [0.717, 1.165) is 0 Å². The molecule has 2 rings (SSSR count). The molecule has 1 aliphatic carbocycles. The van der Waals surface area contributed by atoms with Gasteiger partial charge < -0.3 is 5.73 Å². The predicted octanol–water partition coefficient (Wildman–Crippen LogP) is 2.17. The summed E-state index contributed by atoms with van der Waals surface area (Å²) in [5.41, 5.74) is 6.82. The van der Waals surface area contributed by atoms with Crippen LogP contribution in [0, 0.1) is 10.8 Å². The van der Waals surface area contributed by atoms with Gasteiger partial charge in [0.2, 0.25) is 10.0 Å². The fourth-order valence-corrected chi connectivity index (χ4v) is 4.70. The van der Waals surface area contributed by atoms with E-state index in [1.165, 1.54) is 0 Å². The van der Waals surface area contributed by atoms with Crippen molar-refractivity contribution in [3.05, 3.63) is 35.4 Å². The van der Waals surface area contributed by atoms with Gasteiger partial charge >= 0.3 is 0 Å². The number of nitrogens with one attached hydrogen (secondary N) is 1. The maximum absolute atomic E-state index is 12.4. The minimum Gasteiger partial charge on any atom is -0.389 e. The SMILES string of the molecule is CC1(C)C(NS(=O)(=O)Cc2ccccc2C(N)=S)C1(C)C. The highest BCUT2D eigenvalue weighted by atomic mass is 32.2. The number of thiocarbonyl (C=S) groups is 1. The summed E-state index contributed by atoms with van der Waals surface area (Å²) in [6.07, 6.45) is 0. The summed E-state index contributed by atoms with van der Waals surface area (Å²) in [5.74, 6) is -0.108. The smallest absolute Gasteiger partial charge is 0.216 e. The summed E-state index contributed by atoms with van der Waals surface area (Å²) in [7, 11) is -3.43. The van der Waals surface area contributed by atoms with Gasteiger partial charge in [-0.1, -0.05) is 64.2 Å². The Hall–Kier alpha value is -0.980. The highest BCUT2D eigenvalue weighted by Gasteiger charge is 2.65.